The van der Waals surface area contributed by atoms with Crippen LogP contribution in [0.1, 0.15) is 101 Å². The number of hydrogen-bond acceptors (Lipinski definition) is 1. The molecule has 1 aliphatic rings. The summed E-state index contributed by atoms with van der Waals surface area (Å²) in [5.41, 5.74) is 6.08. The van der Waals surface area contributed by atoms with Crippen molar-refractivity contribution in [3.05, 3.63) is 34.4 Å². The molecule has 1 saturated carbocycles. The van der Waals surface area contributed by atoms with Crippen molar-refractivity contribution >= 4 is 5.97 Å². The van der Waals surface area contributed by atoms with Gasteiger partial charge in [-0.1, -0.05) is 52.2 Å². The minimum atomic E-state index is -0.574. The fraction of sp³-hybridized carbons (Fsp3) is 0.720. The van der Waals surface area contributed by atoms with Crippen LogP contribution in [0.25, 0.3) is 0 Å². The van der Waals surface area contributed by atoms with Gasteiger partial charge in [0, 0.05) is 0 Å². The predicted octanol–water partition coefficient (Wildman–Crippen LogP) is 7.03. The number of unbranched alkanes of at least 4 members (excludes halogenated alkanes) is 3. The Morgan fingerprint density at radius 2 is 1.44 bits per heavy atom. The van der Waals surface area contributed by atoms with Gasteiger partial charge in [-0.15, -0.1) is 0 Å². The summed E-state index contributed by atoms with van der Waals surface area (Å²) in [5.74, 6) is -0.574. The lowest BCUT2D eigenvalue weighted by molar-refractivity contribution is -0.143. The smallest absolute Gasteiger partial charge is 0.309 e. The van der Waals surface area contributed by atoms with Gasteiger partial charge in [0.2, 0.25) is 0 Å². The first-order chi connectivity index (χ1) is 12.6. The van der Waals surface area contributed by atoms with E-state index in [1.165, 1.54) is 43.2 Å². The third-order valence-corrected chi connectivity index (χ3v) is 6.39. The van der Waals surface area contributed by atoms with Crippen molar-refractivity contribution in [2.45, 2.75) is 105 Å². The number of aliphatic carboxylic acids is 1. The van der Waals surface area contributed by atoms with Crippen LogP contribution in [0.5, 0.6) is 0 Å². The number of aryl methyl sites for hydroxylation is 2. The van der Waals surface area contributed by atoms with Gasteiger partial charge < -0.3 is 5.11 Å². The van der Waals surface area contributed by atoms with Crippen LogP contribution in [0, 0.1) is 24.7 Å². The average Bonchev–Trinajstić information content (AvgIpc) is 3.36. The summed E-state index contributed by atoms with van der Waals surface area (Å²) >= 11 is 0. The zero-order chi connectivity index (χ0) is 20.1. The Kier molecular flexibility index (Phi) is 7.54. The van der Waals surface area contributed by atoms with E-state index in [4.69, 9.17) is 0 Å². The molecule has 2 rings (SSSR count). The van der Waals surface area contributed by atoms with E-state index in [1.54, 1.807) is 11.1 Å². The van der Waals surface area contributed by atoms with Gasteiger partial charge in [0.05, 0.1) is 5.41 Å². The molecular weight excluding hydrogens is 332 g/mol. The normalized spacial score (nSPS) is 15.7. The second kappa shape index (κ2) is 9.26. The first kappa shape index (κ1) is 22.0. The third-order valence-electron chi connectivity index (χ3n) is 6.39. The number of carboxylic acid groups (broad SMARTS) is 1. The third kappa shape index (κ3) is 6.66. The van der Waals surface area contributed by atoms with E-state index in [2.05, 4.69) is 46.8 Å². The van der Waals surface area contributed by atoms with Crippen LogP contribution in [0.15, 0.2) is 12.1 Å². The summed E-state index contributed by atoms with van der Waals surface area (Å²) in [6.07, 6.45) is 12.2. The molecule has 0 spiro atoms. The zero-order valence-corrected chi connectivity index (χ0v) is 18.3. The van der Waals surface area contributed by atoms with Crippen molar-refractivity contribution in [1.29, 1.82) is 0 Å². The molecule has 2 heteroatoms. The van der Waals surface area contributed by atoms with Crippen LogP contribution in [0.3, 0.4) is 0 Å². The van der Waals surface area contributed by atoms with Gasteiger partial charge in [0.25, 0.3) is 0 Å². The molecular formula is C25H40O2. The molecule has 1 N–H and O–H groups in total. The highest BCUT2D eigenvalue weighted by Gasteiger charge is 2.49. The summed E-state index contributed by atoms with van der Waals surface area (Å²) in [4.78, 5) is 11.3. The second-order valence-corrected chi connectivity index (χ2v) is 10.1. The highest BCUT2D eigenvalue weighted by atomic mass is 16.4. The van der Waals surface area contributed by atoms with Crippen LogP contribution in [-0.2, 0) is 17.6 Å². The number of rotatable bonds is 11. The molecule has 0 bridgehead atoms. The summed E-state index contributed by atoms with van der Waals surface area (Å²) in [6, 6.07) is 4.55. The molecule has 0 aliphatic heterocycles. The van der Waals surface area contributed by atoms with Crippen molar-refractivity contribution in [3.8, 4) is 0 Å². The Balaban J connectivity index is 1.84. The van der Waals surface area contributed by atoms with Crippen molar-refractivity contribution in [1.82, 2.24) is 0 Å². The van der Waals surface area contributed by atoms with Crippen LogP contribution in [0.2, 0.25) is 0 Å². The number of hydrogen-bond donors (Lipinski definition) is 1. The van der Waals surface area contributed by atoms with E-state index < -0.39 is 5.97 Å². The molecule has 1 fully saturated rings. The van der Waals surface area contributed by atoms with Gasteiger partial charge in [0.1, 0.15) is 0 Å². The Hall–Kier alpha value is -1.31. The van der Waals surface area contributed by atoms with E-state index in [1.807, 2.05) is 0 Å². The van der Waals surface area contributed by atoms with Crippen molar-refractivity contribution in [3.63, 3.8) is 0 Å². The minimum Gasteiger partial charge on any atom is -0.481 e. The molecule has 1 aromatic rings. The molecule has 27 heavy (non-hydrogen) atoms. The maximum atomic E-state index is 11.3. The van der Waals surface area contributed by atoms with E-state index in [0.717, 1.165) is 38.5 Å². The highest BCUT2D eigenvalue weighted by molar-refractivity contribution is 5.77. The quantitative estimate of drug-likeness (QED) is 0.423. The summed E-state index contributed by atoms with van der Waals surface area (Å²) in [7, 11) is 0. The highest BCUT2D eigenvalue weighted by Crippen LogP contribution is 2.50. The summed E-state index contributed by atoms with van der Waals surface area (Å²) in [5, 5.41) is 9.29. The molecule has 0 radical (unpaired) electrons. The molecule has 0 saturated heterocycles. The van der Waals surface area contributed by atoms with Gasteiger partial charge in [0.15, 0.2) is 0 Å². The van der Waals surface area contributed by atoms with E-state index >= 15 is 0 Å². The van der Waals surface area contributed by atoms with Gasteiger partial charge in [-0.2, -0.15) is 0 Å². The average molecular weight is 373 g/mol. The Bertz CT molecular complexity index is 632. The van der Waals surface area contributed by atoms with Gasteiger partial charge in [-0.25, -0.2) is 0 Å². The molecule has 0 amide bonds. The Labute approximate surface area is 166 Å². The van der Waals surface area contributed by atoms with Crippen molar-refractivity contribution in [2.75, 3.05) is 0 Å². The van der Waals surface area contributed by atoms with E-state index in [0.29, 0.717) is 5.41 Å². The Morgan fingerprint density at radius 1 is 0.926 bits per heavy atom. The fourth-order valence-corrected chi connectivity index (χ4v) is 4.24. The lowest BCUT2D eigenvalue weighted by Gasteiger charge is -2.19. The summed E-state index contributed by atoms with van der Waals surface area (Å²) < 4.78 is 0. The minimum absolute atomic E-state index is 0.350. The second-order valence-electron chi connectivity index (χ2n) is 10.1. The lowest BCUT2D eigenvalue weighted by Crippen LogP contribution is -2.14. The predicted molar refractivity (Wildman–Crippen MR) is 114 cm³/mol. The fourth-order valence-electron chi connectivity index (χ4n) is 4.24. The molecule has 0 unspecified atom stereocenters. The van der Waals surface area contributed by atoms with Crippen molar-refractivity contribution in [2.24, 2.45) is 10.8 Å². The van der Waals surface area contributed by atoms with E-state index in [9.17, 15) is 9.90 Å². The largest absolute Gasteiger partial charge is 0.481 e. The number of benzene rings is 1. The standard InChI is InChI=1S/C25H40O2/c1-19-13-14-20(2)22(12-8-10-15-24(3,4)5)21(19)11-7-6-9-16-25(17-18-25)23(26)27/h13-14H,6-12,15-18H2,1-5H3,(H,26,27). The van der Waals surface area contributed by atoms with Gasteiger partial charge >= 0.3 is 5.97 Å². The maximum absolute atomic E-state index is 11.3. The van der Waals surface area contributed by atoms with Gasteiger partial charge in [-0.05, 0) is 92.9 Å². The van der Waals surface area contributed by atoms with Crippen LogP contribution < -0.4 is 0 Å². The van der Waals surface area contributed by atoms with Crippen LogP contribution >= 0.6 is 0 Å². The zero-order valence-electron chi connectivity index (χ0n) is 18.3. The molecule has 152 valence electrons. The first-order valence-corrected chi connectivity index (χ1v) is 11.0. The van der Waals surface area contributed by atoms with Crippen LogP contribution in [0.4, 0.5) is 0 Å². The molecule has 0 heterocycles. The number of carboxylic acids is 1. The van der Waals surface area contributed by atoms with E-state index in [-0.39, 0.29) is 5.41 Å². The molecule has 2 nitrogen and oxygen atoms in total. The Morgan fingerprint density at radius 3 is 1.89 bits per heavy atom. The first-order valence-electron chi connectivity index (χ1n) is 11.0. The molecule has 0 atom stereocenters. The number of carbonyl (C=O) groups is 1. The van der Waals surface area contributed by atoms with Crippen LogP contribution in [-0.4, -0.2) is 11.1 Å². The topological polar surface area (TPSA) is 37.3 Å². The molecule has 0 aromatic heterocycles. The summed E-state index contributed by atoms with van der Waals surface area (Å²) in [6.45, 7) is 11.5. The molecule has 1 aliphatic carbocycles. The molecule has 1 aromatic carbocycles. The van der Waals surface area contributed by atoms with Gasteiger partial charge in [-0.3, -0.25) is 4.79 Å². The van der Waals surface area contributed by atoms with Crippen molar-refractivity contribution < 1.29 is 9.90 Å². The maximum Gasteiger partial charge on any atom is 0.309 e. The SMILES string of the molecule is Cc1ccc(C)c(CCCCC(C)(C)C)c1CCCCCC1(C(=O)O)CC1. The monoisotopic (exact) mass is 372 g/mol. The lowest BCUT2D eigenvalue weighted by atomic mass is 9.87.